The van der Waals surface area contributed by atoms with Crippen LogP contribution in [0.3, 0.4) is 0 Å². The minimum absolute atomic E-state index is 0.0619. The van der Waals surface area contributed by atoms with E-state index in [1.165, 1.54) is 6.07 Å². The Hall–Kier alpha value is -1.34. The number of halogens is 2. The summed E-state index contributed by atoms with van der Waals surface area (Å²) in [7, 11) is 0. The summed E-state index contributed by atoms with van der Waals surface area (Å²) in [5.41, 5.74) is 5.23. The van der Waals surface area contributed by atoms with Gasteiger partial charge in [-0.25, -0.2) is 4.39 Å². The molecular weight excluding hydrogens is 297 g/mol. The average molecular weight is 306 g/mol. The van der Waals surface area contributed by atoms with Gasteiger partial charge in [0.1, 0.15) is 25.1 Å². The molecule has 7 heteroatoms. The zero-order valence-electron chi connectivity index (χ0n) is 8.57. The highest BCUT2D eigenvalue weighted by Crippen LogP contribution is 2.41. The molecule has 17 heavy (non-hydrogen) atoms. The minimum atomic E-state index is -1.50. The maximum atomic E-state index is 13.9. The van der Waals surface area contributed by atoms with Crippen LogP contribution < -0.4 is 15.2 Å². The highest BCUT2D eigenvalue weighted by atomic mass is 79.9. The lowest BCUT2D eigenvalue weighted by atomic mass is 10.0. The highest BCUT2D eigenvalue weighted by Gasteiger charge is 2.29. The second kappa shape index (κ2) is 4.50. The molecule has 1 aromatic carbocycles. The lowest BCUT2D eigenvalue weighted by Crippen LogP contribution is -2.25. The van der Waals surface area contributed by atoms with Crippen LogP contribution in [0.1, 0.15) is 11.6 Å². The third-order valence-corrected chi connectivity index (χ3v) is 2.91. The average Bonchev–Trinajstić information content (AvgIpc) is 2.30. The van der Waals surface area contributed by atoms with Gasteiger partial charge in [-0.05, 0) is 15.9 Å². The SMILES string of the molecule is NC(C(=O)O)c1c(F)c(Br)cc2c1OCCO2. The Bertz CT molecular complexity index is 480. The van der Waals surface area contributed by atoms with Crippen LogP contribution in [-0.2, 0) is 4.79 Å². The van der Waals surface area contributed by atoms with Crippen molar-refractivity contribution in [1.29, 1.82) is 0 Å². The predicted molar refractivity (Wildman–Crippen MR) is 59.7 cm³/mol. The van der Waals surface area contributed by atoms with Crippen molar-refractivity contribution in [2.24, 2.45) is 5.73 Å². The number of hydrogen-bond donors (Lipinski definition) is 2. The summed E-state index contributed by atoms with van der Waals surface area (Å²) in [4.78, 5) is 10.8. The van der Waals surface area contributed by atoms with E-state index in [-0.39, 0.29) is 28.1 Å². The molecule has 1 atom stereocenters. The fourth-order valence-electron chi connectivity index (χ4n) is 1.56. The van der Waals surface area contributed by atoms with E-state index in [1.807, 2.05) is 0 Å². The van der Waals surface area contributed by atoms with Crippen LogP contribution in [0.25, 0.3) is 0 Å². The van der Waals surface area contributed by atoms with Gasteiger partial charge in [-0.15, -0.1) is 0 Å². The third kappa shape index (κ3) is 2.07. The van der Waals surface area contributed by atoms with Crippen molar-refractivity contribution in [2.45, 2.75) is 6.04 Å². The Kier molecular flexibility index (Phi) is 3.21. The van der Waals surface area contributed by atoms with Crippen molar-refractivity contribution in [3.63, 3.8) is 0 Å². The molecule has 0 fully saturated rings. The first-order chi connectivity index (χ1) is 8.02. The lowest BCUT2D eigenvalue weighted by Gasteiger charge is -2.23. The summed E-state index contributed by atoms with van der Waals surface area (Å²) in [5, 5.41) is 8.85. The number of benzene rings is 1. The third-order valence-electron chi connectivity index (χ3n) is 2.34. The van der Waals surface area contributed by atoms with Crippen molar-refractivity contribution < 1.29 is 23.8 Å². The van der Waals surface area contributed by atoms with Gasteiger partial charge >= 0.3 is 5.97 Å². The molecule has 0 spiro atoms. The zero-order valence-corrected chi connectivity index (χ0v) is 10.2. The molecule has 0 radical (unpaired) electrons. The molecule has 1 aliphatic rings. The van der Waals surface area contributed by atoms with Crippen LogP contribution >= 0.6 is 15.9 Å². The van der Waals surface area contributed by atoms with Gasteiger partial charge < -0.3 is 20.3 Å². The van der Waals surface area contributed by atoms with Gasteiger partial charge in [0.2, 0.25) is 0 Å². The van der Waals surface area contributed by atoms with Gasteiger partial charge in [0.15, 0.2) is 11.5 Å². The van der Waals surface area contributed by atoms with Crippen molar-refractivity contribution in [3.05, 3.63) is 21.9 Å². The molecule has 92 valence electrons. The van der Waals surface area contributed by atoms with Crippen molar-refractivity contribution >= 4 is 21.9 Å². The van der Waals surface area contributed by atoms with Gasteiger partial charge in [0, 0.05) is 6.07 Å². The smallest absolute Gasteiger partial charge is 0.325 e. The summed E-state index contributed by atoms with van der Waals surface area (Å²) in [6.45, 7) is 0.556. The molecule has 0 aromatic heterocycles. The number of carboxylic acid groups (broad SMARTS) is 1. The van der Waals surface area contributed by atoms with E-state index < -0.39 is 17.8 Å². The van der Waals surface area contributed by atoms with Crippen LogP contribution in [0.4, 0.5) is 4.39 Å². The van der Waals surface area contributed by atoms with Gasteiger partial charge in [0.25, 0.3) is 0 Å². The number of fused-ring (bicyclic) bond motifs is 1. The molecule has 0 amide bonds. The molecular formula is C10H9BrFNO4. The first kappa shape index (κ1) is 12.1. The molecule has 1 unspecified atom stereocenters. The second-order valence-corrected chi connectivity index (χ2v) is 4.28. The van der Waals surface area contributed by atoms with Gasteiger partial charge in [-0.1, -0.05) is 0 Å². The molecule has 0 saturated carbocycles. The molecule has 1 heterocycles. The summed E-state index contributed by atoms with van der Waals surface area (Å²) in [5.74, 6) is -1.73. The molecule has 0 bridgehead atoms. The van der Waals surface area contributed by atoms with Crippen LogP contribution in [0.2, 0.25) is 0 Å². The van der Waals surface area contributed by atoms with Gasteiger partial charge in [-0.2, -0.15) is 0 Å². The number of hydrogen-bond acceptors (Lipinski definition) is 4. The summed E-state index contributed by atoms with van der Waals surface area (Å²) < 4.78 is 24.5. The number of carboxylic acids is 1. The normalized spacial score (nSPS) is 15.5. The largest absolute Gasteiger partial charge is 0.486 e. The molecule has 5 nitrogen and oxygen atoms in total. The number of aliphatic carboxylic acids is 1. The summed E-state index contributed by atoms with van der Waals surface area (Å²) >= 11 is 2.98. The van der Waals surface area contributed by atoms with Crippen molar-refractivity contribution in [1.82, 2.24) is 0 Å². The molecule has 0 saturated heterocycles. The first-order valence-electron chi connectivity index (χ1n) is 4.78. The van der Waals surface area contributed by atoms with E-state index in [9.17, 15) is 9.18 Å². The standard InChI is InChI=1S/C10H9BrFNO4/c11-4-3-5-9(17-2-1-16-5)6(7(4)12)8(13)10(14)15/h3,8H,1-2,13H2,(H,14,15). The molecule has 2 rings (SSSR count). The minimum Gasteiger partial charge on any atom is -0.486 e. The summed E-state index contributed by atoms with van der Waals surface area (Å²) in [6.07, 6.45) is 0. The Morgan fingerprint density at radius 2 is 2.18 bits per heavy atom. The van der Waals surface area contributed by atoms with Gasteiger partial charge in [-0.3, -0.25) is 4.79 Å². The monoisotopic (exact) mass is 305 g/mol. The van der Waals surface area contributed by atoms with Crippen LogP contribution in [0, 0.1) is 5.82 Å². The summed E-state index contributed by atoms with van der Waals surface area (Å²) in [6, 6.07) is -0.106. The Morgan fingerprint density at radius 1 is 1.53 bits per heavy atom. The maximum Gasteiger partial charge on any atom is 0.325 e. The van der Waals surface area contributed by atoms with Crippen LogP contribution in [0.5, 0.6) is 11.5 Å². The van der Waals surface area contributed by atoms with Crippen LogP contribution in [0.15, 0.2) is 10.5 Å². The number of carbonyl (C=O) groups is 1. The Balaban J connectivity index is 2.62. The number of nitrogens with two attached hydrogens (primary N) is 1. The van der Waals surface area contributed by atoms with Crippen molar-refractivity contribution in [3.8, 4) is 11.5 Å². The van der Waals surface area contributed by atoms with E-state index >= 15 is 0 Å². The van der Waals surface area contributed by atoms with E-state index in [1.54, 1.807) is 0 Å². The first-order valence-corrected chi connectivity index (χ1v) is 5.57. The Labute approximate surface area is 104 Å². The number of rotatable bonds is 2. The fourth-order valence-corrected chi connectivity index (χ4v) is 1.98. The maximum absolute atomic E-state index is 13.9. The van der Waals surface area contributed by atoms with E-state index in [2.05, 4.69) is 15.9 Å². The highest BCUT2D eigenvalue weighted by molar-refractivity contribution is 9.10. The van der Waals surface area contributed by atoms with Crippen molar-refractivity contribution in [2.75, 3.05) is 13.2 Å². The molecule has 1 aromatic rings. The molecule has 3 N–H and O–H groups in total. The topological polar surface area (TPSA) is 81.8 Å². The van der Waals surface area contributed by atoms with E-state index in [0.29, 0.717) is 6.61 Å². The van der Waals surface area contributed by atoms with Gasteiger partial charge in [0.05, 0.1) is 10.0 Å². The molecule has 1 aliphatic heterocycles. The second-order valence-electron chi connectivity index (χ2n) is 3.43. The predicted octanol–water partition coefficient (Wildman–Crippen LogP) is 1.44. The fraction of sp³-hybridized carbons (Fsp3) is 0.300. The Morgan fingerprint density at radius 3 is 2.82 bits per heavy atom. The molecule has 0 aliphatic carbocycles. The van der Waals surface area contributed by atoms with E-state index in [0.717, 1.165) is 0 Å². The lowest BCUT2D eigenvalue weighted by molar-refractivity contribution is -0.138. The van der Waals surface area contributed by atoms with E-state index in [4.69, 9.17) is 20.3 Å². The van der Waals surface area contributed by atoms with Crippen LogP contribution in [-0.4, -0.2) is 24.3 Å². The quantitative estimate of drug-likeness (QED) is 0.864. The number of ether oxygens (including phenoxy) is 2. The zero-order chi connectivity index (χ0) is 12.6.